The van der Waals surface area contributed by atoms with Crippen molar-refractivity contribution in [3.05, 3.63) is 53.1 Å². The monoisotopic (exact) mass is 295 g/mol. The molecule has 21 heavy (non-hydrogen) atoms. The first-order valence-electron chi connectivity index (χ1n) is 6.72. The van der Waals surface area contributed by atoms with Gasteiger partial charge in [0.2, 0.25) is 0 Å². The van der Waals surface area contributed by atoms with Crippen molar-refractivity contribution in [3.8, 4) is 11.1 Å². The molecule has 0 spiro atoms. The predicted octanol–water partition coefficient (Wildman–Crippen LogP) is 4.96. The van der Waals surface area contributed by atoms with Crippen LogP contribution in [0.5, 0.6) is 0 Å². The molecule has 1 aromatic carbocycles. The molecule has 2 aromatic rings. The summed E-state index contributed by atoms with van der Waals surface area (Å²) >= 11 is 0. The van der Waals surface area contributed by atoms with Crippen molar-refractivity contribution >= 4 is 0 Å². The van der Waals surface area contributed by atoms with Crippen LogP contribution in [0.2, 0.25) is 0 Å². The largest absolute Gasteiger partial charge is 0.419 e. The summed E-state index contributed by atoms with van der Waals surface area (Å²) < 4.78 is 51.6. The van der Waals surface area contributed by atoms with Crippen molar-refractivity contribution in [1.29, 1.82) is 0 Å². The Balaban J connectivity index is 2.11. The Morgan fingerprint density at radius 1 is 1.19 bits per heavy atom. The molecule has 0 radical (unpaired) electrons. The van der Waals surface area contributed by atoms with Crippen LogP contribution in [0.1, 0.15) is 36.0 Å². The fourth-order valence-electron chi connectivity index (χ4n) is 2.95. The molecule has 0 fully saturated rings. The van der Waals surface area contributed by atoms with Crippen LogP contribution < -0.4 is 0 Å². The molecule has 1 nitrogen and oxygen atoms in total. The van der Waals surface area contributed by atoms with Crippen molar-refractivity contribution in [2.24, 2.45) is 0 Å². The number of rotatable bonds is 1. The van der Waals surface area contributed by atoms with E-state index in [9.17, 15) is 17.6 Å². The van der Waals surface area contributed by atoms with Gasteiger partial charge in [-0.15, -0.1) is 0 Å². The number of aromatic nitrogens is 1. The highest BCUT2D eigenvalue weighted by Gasteiger charge is 2.34. The lowest BCUT2D eigenvalue weighted by atomic mass is 9.94. The second-order valence-electron chi connectivity index (χ2n) is 5.39. The maximum absolute atomic E-state index is 13.7. The summed E-state index contributed by atoms with van der Waals surface area (Å²) in [5, 5.41) is 0. The molecule has 0 N–H and O–H groups in total. The van der Waals surface area contributed by atoms with Crippen LogP contribution in [-0.2, 0) is 12.6 Å². The van der Waals surface area contributed by atoms with Crippen LogP contribution in [0.15, 0.2) is 30.6 Å². The number of aryl methyl sites for hydroxylation is 1. The minimum Gasteiger partial charge on any atom is -0.264 e. The topological polar surface area (TPSA) is 12.9 Å². The fraction of sp³-hybridized carbons (Fsp3) is 0.312. The molecule has 1 atom stereocenters. The molecule has 110 valence electrons. The first-order valence-corrected chi connectivity index (χ1v) is 6.72. The number of pyridine rings is 1. The second kappa shape index (κ2) is 4.83. The van der Waals surface area contributed by atoms with E-state index in [2.05, 4.69) is 11.9 Å². The predicted molar refractivity (Wildman–Crippen MR) is 71.4 cm³/mol. The van der Waals surface area contributed by atoms with Crippen molar-refractivity contribution in [2.75, 3.05) is 0 Å². The molecule has 1 unspecified atom stereocenters. The number of halogens is 4. The van der Waals surface area contributed by atoms with Crippen molar-refractivity contribution in [1.82, 2.24) is 4.98 Å². The van der Waals surface area contributed by atoms with Gasteiger partial charge in [-0.3, -0.25) is 4.98 Å². The van der Waals surface area contributed by atoms with Gasteiger partial charge < -0.3 is 0 Å². The smallest absolute Gasteiger partial charge is 0.264 e. The molecule has 0 saturated heterocycles. The lowest BCUT2D eigenvalue weighted by Gasteiger charge is -2.14. The highest BCUT2D eigenvalue weighted by molar-refractivity contribution is 5.69. The molecule has 0 bridgehead atoms. The standard InChI is InChI=1S/C16H13F4N/c1-9-2-3-11-7-21-8-12(15(9)11)10-4-5-13(14(17)6-10)16(18,19)20/h4-9H,2-3H2,1H3. The molecule has 1 aromatic heterocycles. The molecule has 0 amide bonds. The summed E-state index contributed by atoms with van der Waals surface area (Å²) in [5.41, 5.74) is 2.10. The molecule has 5 heteroatoms. The number of fused-ring (bicyclic) bond motifs is 1. The lowest BCUT2D eigenvalue weighted by Crippen LogP contribution is -2.08. The van der Waals surface area contributed by atoms with Gasteiger partial charge in [0.05, 0.1) is 5.56 Å². The van der Waals surface area contributed by atoms with Gasteiger partial charge in [-0.25, -0.2) is 4.39 Å². The quantitative estimate of drug-likeness (QED) is 0.678. The first kappa shape index (κ1) is 14.0. The summed E-state index contributed by atoms with van der Waals surface area (Å²) in [7, 11) is 0. The van der Waals surface area contributed by atoms with E-state index in [0.717, 1.165) is 41.7 Å². The van der Waals surface area contributed by atoms with Gasteiger partial charge in [0.25, 0.3) is 0 Å². The zero-order chi connectivity index (χ0) is 15.2. The zero-order valence-electron chi connectivity index (χ0n) is 11.3. The summed E-state index contributed by atoms with van der Waals surface area (Å²) in [6, 6.07) is 3.06. The maximum atomic E-state index is 13.7. The van der Waals surface area contributed by atoms with Gasteiger partial charge in [-0.1, -0.05) is 13.0 Å². The van der Waals surface area contributed by atoms with Crippen molar-refractivity contribution in [3.63, 3.8) is 0 Å². The SMILES string of the molecule is CC1CCc2cncc(-c3ccc(C(F)(F)F)c(F)c3)c21. The molecule has 1 aliphatic rings. The van der Waals surface area contributed by atoms with Crippen LogP contribution in [0.25, 0.3) is 11.1 Å². The Hall–Kier alpha value is -1.91. The van der Waals surface area contributed by atoms with E-state index in [1.165, 1.54) is 6.07 Å². The van der Waals surface area contributed by atoms with E-state index >= 15 is 0 Å². The van der Waals surface area contributed by atoms with Crippen LogP contribution in [0.4, 0.5) is 17.6 Å². The van der Waals surface area contributed by atoms with Crippen molar-refractivity contribution in [2.45, 2.75) is 31.9 Å². The molecule has 1 heterocycles. The normalized spacial score (nSPS) is 17.9. The van der Waals surface area contributed by atoms with Crippen LogP contribution in [-0.4, -0.2) is 4.98 Å². The Labute approximate surface area is 119 Å². The average molecular weight is 295 g/mol. The maximum Gasteiger partial charge on any atom is 0.419 e. The van der Waals surface area contributed by atoms with Crippen molar-refractivity contribution < 1.29 is 17.6 Å². The third-order valence-electron chi connectivity index (χ3n) is 4.00. The number of alkyl halides is 3. The van der Waals surface area contributed by atoms with E-state index in [0.29, 0.717) is 11.5 Å². The number of hydrogen-bond acceptors (Lipinski definition) is 1. The van der Waals surface area contributed by atoms with E-state index < -0.39 is 17.6 Å². The summed E-state index contributed by atoms with van der Waals surface area (Å²) in [6.45, 7) is 2.07. The van der Waals surface area contributed by atoms with Gasteiger partial charge in [0.15, 0.2) is 0 Å². The summed E-state index contributed by atoms with van der Waals surface area (Å²) in [4.78, 5) is 4.12. The zero-order valence-corrected chi connectivity index (χ0v) is 11.3. The van der Waals surface area contributed by atoms with Gasteiger partial charge in [0.1, 0.15) is 5.82 Å². The third-order valence-corrected chi connectivity index (χ3v) is 4.00. The van der Waals surface area contributed by atoms with Crippen LogP contribution in [0, 0.1) is 5.82 Å². The molecular formula is C16H13F4N. The second-order valence-corrected chi connectivity index (χ2v) is 5.39. The minimum atomic E-state index is -4.67. The van der Waals surface area contributed by atoms with Gasteiger partial charge in [-0.2, -0.15) is 13.2 Å². The van der Waals surface area contributed by atoms with E-state index in [1.54, 1.807) is 12.4 Å². The molecular weight excluding hydrogens is 282 g/mol. The number of nitrogens with zero attached hydrogens (tertiary/aromatic N) is 1. The van der Waals surface area contributed by atoms with E-state index in [1.807, 2.05) is 0 Å². The molecule has 1 aliphatic carbocycles. The Morgan fingerprint density at radius 3 is 2.62 bits per heavy atom. The Kier molecular flexibility index (Phi) is 3.23. The highest BCUT2D eigenvalue weighted by Crippen LogP contribution is 2.40. The highest BCUT2D eigenvalue weighted by atomic mass is 19.4. The number of benzene rings is 1. The van der Waals surface area contributed by atoms with E-state index in [-0.39, 0.29) is 0 Å². The first-order chi connectivity index (χ1) is 9.88. The van der Waals surface area contributed by atoms with Gasteiger partial charge in [-0.05, 0) is 47.6 Å². The minimum absolute atomic E-state index is 0.309. The summed E-state index contributed by atoms with van der Waals surface area (Å²) in [5.74, 6) is -0.938. The van der Waals surface area contributed by atoms with Crippen LogP contribution >= 0.6 is 0 Å². The van der Waals surface area contributed by atoms with E-state index in [4.69, 9.17) is 0 Å². The molecule has 0 saturated carbocycles. The Morgan fingerprint density at radius 2 is 1.95 bits per heavy atom. The van der Waals surface area contributed by atoms with Gasteiger partial charge in [0, 0.05) is 18.0 Å². The Bertz CT molecular complexity index is 691. The number of hydrogen-bond donors (Lipinski definition) is 0. The molecule has 0 aliphatic heterocycles. The molecule has 3 rings (SSSR count). The fourth-order valence-corrected chi connectivity index (χ4v) is 2.95. The third kappa shape index (κ3) is 2.41. The summed E-state index contributed by atoms with van der Waals surface area (Å²) in [6.07, 6.45) is 0.593. The van der Waals surface area contributed by atoms with Crippen LogP contribution in [0.3, 0.4) is 0 Å². The lowest BCUT2D eigenvalue weighted by molar-refractivity contribution is -0.139. The van der Waals surface area contributed by atoms with Gasteiger partial charge >= 0.3 is 6.18 Å². The average Bonchev–Trinajstić information content (AvgIpc) is 2.79.